The van der Waals surface area contributed by atoms with E-state index in [0.29, 0.717) is 49.1 Å². The second-order valence-corrected chi connectivity index (χ2v) is 9.61. The maximum Gasteiger partial charge on any atom is 0.243 e. The molecule has 2 aromatic rings. The van der Waals surface area contributed by atoms with Crippen LogP contribution in [-0.4, -0.2) is 75.3 Å². The van der Waals surface area contributed by atoms with E-state index in [1.54, 1.807) is 30.3 Å². The van der Waals surface area contributed by atoms with Gasteiger partial charge in [0.05, 0.1) is 11.4 Å². The molecule has 0 saturated carbocycles. The van der Waals surface area contributed by atoms with Crippen molar-refractivity contribution in [2.75, 3.05) is 51.3 Å². The molecular weight excluding hydrogens is 434 g/mol. The van der Waals surface area contributed by atoms with Crippen LogP contribution in [0.2, 0.25) is 0 Å². The van der Waals surface area contributed by atoms with Crippen LogP contribution in [0.3, 0.4) is 0 Å². The van der Waals surface area contributed by atoms with E-state index in [4.69, 9.17) is 9.47 Å². The second kappa shape index (κ2) is 9.27. The molecule has 2 aliphatic rings. The minimum absolute atomic E-state index is 0.0352. The molecule has 1 saturated heterocycles. The topological polar surface area (TPSA) is 105 Å². The van der Waals surface area contributed by atoms with Crippen molar-refractivity contribution in [3.05, 3.63) is 48.0 Å². The van der Waals surface area contributed by atoms with Gasteiger partial charge in [-0.05, 0) is 43.3 Å². The number of nitrogens with zero attached hydrogens (tertiary/aromatic N) is 2. The largest absolute Gasteiger partial charge is 0.486 e. The van der Waals surface area contributed by atoms with Gasteiger partial charge in [0.2, 0.25) is 15.9 Å². The first kappa shape index (κ1) is 22.3. The van der Waals surface area contributed by atoms with E-state index in [9.17, 15) is 18.0 Å². The highest BCUT2D eigenvalue weighted by Gasteiger charge is 2.30. The molecule has 10 heteroatoms. The molecule has 0 radical (unpaired) electrons. The molecule has 0 unspecified atom stereocenters. The van der Waals surface area contributed by atoms with Crippen LogP contribution in [0, 0.1) is 0 Å². The van der Waals surface area contributed by atoms with E-state index in [0.717, 1.165) is 0 Å². The Bertz CT molecular complexity index is 1110. The number of anilines is 1. The number of carbonyl (C=O) groups excluding carboxylic acids is 2. The van der Waals surface area contributed by atoms with Crippen LogP contribution < -0.4 is 14.8 Å². The van der Waals surface area contributed by atoms with Gasteiger partial charge in [-0.15, -0.1) is 0 Å². The zero-order chi connectivity index (χ0) is 22.7. The Morgan fingerprint density at radius 1 is 0.938 bits per heavy atom. The van der Waals surface area contributed by atoms with Crippen molar-refractivity contribution < 1.29 is 27.5 Å². The van der Waals surface area contributed by atoms with Gasteiger partial charge in [-0.2, -0.15) is 4.31 Å². The Morgan fingerprint density at radius 3 is 2.25 bits per heavy atom. The number of benzene rings is 2. The minimum atomic E-state index is -3.66. The van der Waals surface area contributed by atoms with Gasteiger partial charge in [0, 0.05) is 43.5 Å². The molecule has 2 aliphatic heterocycles. The normalized spacial score (nSPS) is 17.0. The molecular formula is C22H25N3O6S. The van der Waals surface area contributed by atoms with E-state index < -0.39 is 10.0 Å². The van der Waals surface area contributed by atoms with Crippen molar-refractivity contribution >= 4 is 27.4 Å². The Hall–Kier alpha value is -2.95. The standard InChI is InChI=1S/C22H25N3O6S/c1-16(26)17-2-4-18(5-3-17)23-22(27)15-24-8-10-25(11-9-24)32(28,29)19-6-7-20-21(14-19)31-13-12-30-20/h2-7,14H,8-13,15H2,1H3,(H,23,27). The first-order valence-corrected chi connectivity index (χ1v) is 11.8. The molecule has 0 bridgehead atoms. The Morgan fingerprint density at radius 2 is 1.59 bits per heavy atom. The van der Waals surface area contributed by atoms with Gasteiger partial charge in [0.1, 0.15) is 13.2 Å². The molecule has 2 heterocycles. The molecule has 32 heavy (non-hydrogen) atoms. The van der Waals surface area contributed by atoms with E-state index in [1.165, 1.54) is 23.4 Å². The SMILES string of the molecule is CC(=O)c1ccc(NC(=O)CN2CCN(S(=O)(=O)c3ccc4c(c3)OCCO4)CC2)cc1. The van der Waals surface area contributed by atoms with Crippen molar-refractivity contribution in [3.63, 3.8) is 0 Å². The average Bonchev–Trinajstić information content (AvgIpc) is 2.79. The van der Waals surface area contributed by atoms with Gasteiger partial charge in [-0.25, -0.2) is 8.42 Å². The summed E-state index contributed by atoms with van der Waals surface area (Å²) in [5, 5.41) is 2.80. The van der Waals surface area contributed by atoms with Gasteiger partial charge < -0.3 is 14.8 Å². The number of carbonyl (C=O) groups is 2. The third kappa shape index (κ3) is 4.93. The summed E-state index contributed by atoms with van der Waals surface area (Å²) in [4.78, 5) is 25.8. The molecule has 0 aromatic heterocycles. The lowest BCUT2D eigenvalue weighted by atomic mass is 10.1. The first-order chi connectivity index (χ1) is 15.3. The zero-order valence-electron chi connectivity index (χ0n) is 17.7. The second-order valence-electron chi connectivity index (χ2n) is 7.67. The summed E-state index contributed by atoms with van der Waals surface area (Å²) in [6.45, 7) is 3.94. The quantitative estimate of drug-likeness (QED) is 0.654. The van der Waals surface area contributed by atoms with Gasteiger partial charge in [0.25, 0.3) is 0 Å². The molecule has 0 atom stereocenters. The van der Waals surface area contributed by atoms with Crippen LogP contribution in [0.5, 0.6) is 11.5 Å². The molecule has 0 spiro atoms. The zero-order valence-corrected chi connectivity index (χ0v) is 18.6. The van der Waals surface area contributed by atoms with Crippen LogP contribution in [0.15, 0.2) is 47.4 Å². The molecule has 170 valence electrons. The lowest BCUT2D eigenvalue weighted by Crippen LogP contribution is -2.50. The van der Waals surface area contributed by atoms with E-state index in [-0.39, 0.29) is 36.2 Å². The summed E-state index contributed by atoms with van der Waals surface area (Å²) < 4.78 is 38.4. The van der Waals surface area contributed by atoms with Crippen molar-refractivity contribution in [1.82, 2.24) is 9.21 Å². The Labute approximate surface area is 187 Å². The summed E-state index contributed by atoms with van der Waals surface area (Å²) in [5.74, 6) is 0.751. The number of piperazine rings is 1. The Kier molecular flexibility index (Phi) is 6.45. The number of rotatable bonds is 6. The van der Waals surface area contributed by atoms with Crippen LogP contribution in [0.4, 0.5) is 5.69 Å². The maximum atomic E-state index is 13.0. The number of fused-ring (bicyclic) bond motifs is 1. The summed E-state index contributed by atoms with van der Waals surface area (Å²) in [6, 6.07) is 11.4. The highest BCUT2D eigenvalue weighted by molar-refractivity contribution is 7.89. The molecule has 4 rings (SSSR count). The van der Waals surface area contributed by atoms with E-state index in [1.807, 2.05) is 4.90 Å². The minimum Gasteiger partial charge on any atom is -0.486 e. The summed E-state index contributed by atoms with van der Waals surface area (Å²) in [5.41, 5.74) is 1.19. The number of ketones is 1. The number of hydrogen-bond acceptors (Lipinski definition) is 7. The highest BCUT2D eigenvalue weighted by Crippen LogP contribution is 2.33. The average molecular weight is 460 g/mol. The number of nitrogens with one attached hydrogen (secondary N) is 1. The van der Waals surface area contributed by atoms with Crippen molar-refractivity contribution in [1.29, 1.82) is 0 Å². The molecule has 9 nitrogen and oxygen atoms in total. The third-order valence-corrected chi connectivity index (χ3v) is 7.32. The monoisotopic (exact) mass is 459 g/mol. The number of sulfonamides is 1. The van der Waals surface area contributed by atoms with Crippen molar-refractivity contribution in [2.45, 2.75) is 11.8 Å². The Balaban J connectivity index is 1.31. The smallest absolute Gasteiger partial charge is 0.243 e. The van der Waals surface area contributed by atoms with Gasteiger partial charge >= 0.3 is 0 Å². The fourth-order valence-electron chi connectivity index (χ4n) is 3.65. The fraction of sp³-hybridized carbons (Fsp3) is 0.364. The molecule has 1 fully saturated rings. The van der Waals surface area contributed by atoms with Crippen LogP contribution in [0.1, 0.15) is 17.3 Å². The third-order valence-electron chi connectivity index (χ3n) is 5.43. The maximum absolute atomic E-state index is 13.0. The number of Topliss-reactive ketones (excluding diaryl/α,β-unsaturated/α-hetero) is 1. The lowest BCUT2D eigenvalue weighted by Gasteiger charge is -2.33. The molecule has 2 aromatic carbocycles. The van der Waals surface area contributed by atoms with E-state index in [2.05, 4.69) is 5.32 Å². The molecule has 1 amide bonds. The van der Waals surface area contributed by atoms with Crippen LogP contribution in [-0.2, 0) is 14.8 Å². The predicted octanol–water partition coefficient (Wildman–Crippen LogP) is 1.61. The van der Waals surface area contributed by atoms with Gasteiger partial charge in [0.15, 0.2) is 17.3 Å². The number of hydrogen-bond donors (Lipinski definition) is 1. The van der Waals surface area contributed by atoms with Crippen molar-refractivity contribution in [2.24, 2.45) is 0 Å². The molecule has 0 aliphatic carbocycles. The van der Waals surface area contributed by atoms with Crippen molar-refractivity contribution in [3.8, 4) is 11.5 Å². The first-order valence-electron chi connectivity index (χ1n) is 10.4. The highest BCUT2D eigenvalue weighted by atomic mass is 32.2. The molecule has 1 N–H and O–H groups in total. The predicted molar refractivity (Wildman–Crippen MR) is 118 cm³/mol. The van der Waals surface area contributed by atoms with Gasteiger partial charge in [-0.1, -0.05) is 0 Å². The van der Waals surface area contributed by atoms with Gasteiger partial charge in [-0.3, -0.25) is 14.5 Å². The number of ether oxygens (including phenoxy) is 2. The summed E-state index contributed by atoms with van der Waals surface area (Å²) >= 11 is 0. The fourth-order valence-corrected chi connectivity index (χ4v) is 5.09. The summed E-state index contributed by atoms with van der Waals surface area (Å²) in [7, 11) is -3.66. The van der Waals surface area contributed by atoms with Crippen LogP contribution in [0.25, 0.3) is 0 Å². The summed E-state index contributed by atoms with van der Waals surface area (Å²) in [6.07, 6.45) is 0. The number of amides is 1. The van der Waals surface area contributed by atoms with E-state index >= 15 is 0 Å². The lowest BCUT2D eigenvalue weighted by molar-refractivity contribution is -0.117. The van der Waals surface area contributed by atoms with Crippen LogP contribution >= 0.6 is 0 Å².